The zero-order valence-electron chi connectivity index (χ0n) is 17.9. The van der Waals surface area contributed by atoms with E-state index in [0.29, 0.717) is 17.4 Å². The summed E-state index contributed by atoms with van der Waals surface area (Å²) in [6.07, 6.45) is 7.29. The van der Waals surface area contributed by atoms with Gasteiger partial charge in [0.2, 0.25) is 0 Å². The van der Waals surface area contributed by atoms with E-state index in [1.807, 2.05) is 48.5 Å². The van der Waals surface area contributed by atoms with Gasteiger partial charge in [-0.05, 0) is 71.5 Å². The maximum atomic E-state index is 12.5. The molecular weight excluding hydrogens is 398 g/mol. The van der Waals surface area contributed by atoms with Gasteiger partial charge in [0.15, 0.2) is 0 Å². The standard InChI is InChI=1S/C27H25N3O2/c1-32-21-15-9-18(10-16-21)17-28-30-27(31)20-13-11-19(12-14-20)26-24-7-4-6-22(24)23-5-2-3-8-25(23)29-26/h2-6,8-17,22,24,26,29H,7H2,1H3,(H,30,31)/b28-17-/t22-,24+,26-/m0/s1. The van der Waals surface area contributed by atoms with Crippen molar-refractivity contribution >= 4 is 17.8 Å². The lowest BCUT2D eigenvalue weighted by Crippen LogP contribution is -2.29. The number of para-hydroxylation sites is 1. The highest BCUT2D eigenvalue weighted by molar-refractivity contribution is 5.94. The van der Waals surface area contributed by atoms with Crippen molar-refractivity contribution in [2.24, 2.45) is 11.0 Å². The molecule has 0 saturated heterocycles. The van der Waals surface area contributed by atoms with E-state index < -0.39 is 0 Å². The van der Waals surface area contributed by atoms with Gasteiger partial charge in [-0.3, -0.25) is 4.79 Å². The zero-order chi connectivity index (χ0) is 21.9. The summed E-state index contributed by atoms with van der Waals surface area (Å²) < 4.78 is 5.14. The molecule has 160 valence electrons. The molecule has 0 spiro atoms. The van der Waals surface area contributed by atoms with Gasteiger partial charge in [-0.15, -0.1) is 0 Å². The number of benzene rings is 3. The number of nitrogens with zero attached hydrogens (tertiary/aromatic N) is 1. The second kappa shape index (κ2) is 8.71. The fourth-order valence-electron chi connectivity index (χ4n) is 4.64. The molecule has 0 saturated carbocycles. The molecule has 3 aromatic carbocycles. The third-order valence-electron chi connectivity index (χ3n) is 6.30. The highest BCUT2D eigenvalue weighted by atomic mass is 16.5. The Kier molecular flexibility index (Phi) is 5.46. The summed E-state index contributed by atoms with van der Waals surface area (Å²) in [7, 11) is 1.63. The van der Waals surface area contributed by atoms with E-state index in [0.717, 1.165) is 17.7 Å². The van der Waals surface area contributed by atoms with Crippen LogP contribution in [0.4, 0.5) is 5.69 Å². The third-order valence-corrected chi connectivity index (χ3v) is 6.30. The quantitative estimate of drug-likeness (QED) is 0.333. The minimum absolute atomic E-state index is 0.218. The van der Waals surface area contributed by atoms with Crippen LogP contribution in [0.1, 0.15) is 45.4 Å². The summed E-state index contributed by atoms with van der Waals surface area (Å²) in [5, 5.41) is 7.79. The molecule has 2 aliphatic rings. The van der Waals surface area contributed by atoms with Crippen molar-refractivity contribution in [1.29, 1.82) is 0 Å². The molecule has 0 radical (unpaired) electrons. The Morgan fingerprint density at radius 3 is 2.62 bits per heavy atom. The van der Waals surface area contributed by atoms with Crippen molar-refractivity contribution < 1.29 is 9.53 Å². The van der Waals surface area contributed by atoms with Gasteiger partial charge in [0, 0.05) is 17.2 Å². The predicted molar refractivity (Wildman–Crippen MR) is 127 cm³/mol. The molecular formula is C27H25N3O2. The molecule has 1 aliphatic heterocycles. The summed E-state index contributed by atoms with van der Waals surface area (Å²) in [5.74, 6) is 1.47. The van der Waals surface area contributed by atoms with E-state index in [9.17, 15) is 4.79 Å². The van der Waals surface area contributed by atoms with Gasteiger partial charge < -0.3 is 10.1 Å². The van der Waals surface area contributed by atoms with Crippen LogP contribution in [0.15, 0.2) is 90.0 Å². The van der Waals surface area contributed by atoms with Crippen molar-refractivity contribution in [3.8, 4) is 5.75 Å². The van der Waals surface area contributed by atoms with Crippen LogP contribution >= 0.6 is 0 Å². The van der Waals surface area contributed by atoms with Crippen LogP contribution in [0.5, 0.6) is 5.75 Å². The number of allylic oxidation sites excluding steroid dienone is 2. The smallest absolute Gasteiger partial charge is 0.271 e. The highest BCUT2D eigenvalue weighted by Crippen LogP contribution is 2.49. The Morgan fingerprint density at radius 1 is 1.06 bits per heavy atom. The fraction of sp³-hybridized carbons (Fsp3) is 0.185. The topological polar surface area (TPSA) is 62.7 Å². The van der Waals surface area contributed by atoms with Crippen LogP contribution in [0.25, 0.3) is 0 Å². The van der Waals surface area contributed by atoms with Crippen LogP contribution in [0.3, 0.4) is 0 Å². The summed E-state index contributed by atoms with van der Waals surface area (Å²) >= 11 is 0. The fourth-order valence-corrected chi connectivity index (χ4v) is 4.64. The van der Waals surface area contributed by atoms with E-state index in [1.54, 1.807) is 13.3 Å². The lowest BCUT2D eigenvalue weighted by Gasteiger charge is -2.37. The molecule has 1 heterocycles. The second-order valence-electron chi connectivity index (χ2n) is 8.16. The monoisotopic (exact) mass is 423 g/mol. The Bertz CT molecular complexity index is 1170. The van der Waals surface area contributed by atoms with Gasteiger partial charge >= 0.3 is 0 Å². The molecule has 5 rings (SSSR count). The molecule has 1 amide bonds. The maximum Gasteiger partial charge on any atom is 0.271 e. The van der Waals surface area contributed by atoms with E-state index >= 15 is 0 Å². The minimum atomic E-state index is -0.233. The number of ether oxygens (including phenoxy) is 1. The van der Waals surface area contributed by atoms with Crippen LogP contribution in [0, 0.1) is 5.92 Å². The normalized spacial score (nSPS) is 21.0. The van der Waals surface area contributed by atoms with E-state index in [1.165, 1.54) is 16.8 Å². The number of anilines is 1. The van der Waals surface area contributed by atoms with Crippen LogP contribution in [-0.4, -0.2) is 19.2 Å². The molecule has 0 aromatic heterocycles. The third kappa shape index (κ3) is 3.89. The maximum absolute atomic E-state index is 12.5. The number of hydrazone groups is 1. The number of amides is 1. The van der Waals surface area contributed by atoms with Gasteiger partial charge in [0.1, 0.15) is 5.75 Å². The second-order valence-corrected chi connectivity index (χ2v) is 8.16. The minimum Gasteiger partial charge on any atom is -0.497 e. The molecule has 1 aliphatic carbocycles. The number of hydrogen-bond acceptors (Lipinski definition) is 4. The number of nitrogens with one attached hydrogen (secondary N) is 2. The number of fused-ring (bicyclic) bond motifs is 3. The molecule has 0 bridgehead atoms. The van der Waals surface area contributed by atoms with E-state index in [2.05, 4.69) is 52.3 Å². The van der Waals surface area contributed by atoms with Gasteiger partial charge in [-0.25, -0.2) is 5.43 Å². The molecule has 5 heteroatoms. The van der Waals surface area contributed by atoms with Crippen LogP contribution in [0.2, 0.25) is 0 Å². The molecule has 32 heavy (non-hydrogen) atoms. The molecule has 3 atom stereocenters. The van der Waals surface area contributed by atoms with E-state index in [4.69, 9.17) is 4.74 Å². The Morgan fingerprint density at radius 2 is 1.84 bits per heavy atom. The van der Waals surface area contributed by atoms with Gasteiger partial charge in [-0.2, -0.15) is 5.10 Å². The zero-order valence-corrected chi connectivity index (χ0v) is 17.9. The summed E-state index contributed by atoms with van der Waals surface area (Å²) in [6.45, 7) is 0. The number of hydrogen-bond donors (Lipinski definition) is 2. The number of carbonyl (C=O) groups is 1. The SMILES string of the molecule is COc1ccc(/C=N\NC(=O)c2ccc([C@@H]3Nc4ccccc4[C@@H]4C=CC[C@H]43)cc2)cc1. The first-order valence-electron chi connectivity index (χ1n) is 10.8. The largest absolute Gasteiger partial charge is 0.497 e. The Hall–Kier alpha value is -3.86. The Labute approximate surface area is 187 Å². The molecule has 3 aromatic rings. The summed E-state index contributed by atoms with van der Waals surface area (Å²) in [4.78, 5) is 12.5. The number of methoxy groups -OCH3 is 1. The van der Waals surface area contributed by atoms with Crippen molar-refractivity contribution in [3.63, 3.8) is 0 Å². The first-order chi connectivity index (χ1) is 15.7. The van der Waals surface area contributed by atoms with Crippen molar-refractivity contribution in [2.75, 3.05) is 12.4 Å². The van der Waals surface area contributed by atoms with Crippen LogP contribution < -0.4 is 15.5 Å². The van der Waals surface area contributed by atoms with Crippen molar-refractivity contribution in [2.45, 2.75) is 18.4 Å². The van der Waals surface area contributed by atoms with Gasteiger partial charge in [0.05, 0.1) is 19.4 Å². The predicted octanol–water partition coefficient (Wildman–Crippen LogP) is 5.29. The summed E-state index contributed by atoms with van der Waals surface area (Å²) in [6, 6.07) is 24.0. The number of rotatable bonds is 5. The molecule has 5 nitrogen and oxygen atoms in total. The average Bonchev–Trinajstić information content (AvgIpc) is 3.34. The van der Waals surface area contributed by atoms with Gasteiger partial charge in [-0.1, -0.05) is 42.5 Å². The summed E-state index contributed by atoms with van der Waals surface area (Å²) in [5.41, 5.74) is 7.81. The van der Waals surface area contributed by atoms with E-state index in [-0.39, 0.29) is 11.9 Å². The highest BCUT2D eigenvalue weighted by Gasteiger charge is 2.37. The average molecular weight is 424 g/mol. The number of carbonyl (C=O) groups excluding carboxylic acids is 1. The lowest BCUT2D eigenvalue weighted by molar-refractivity contribution is 0.0955. The molecule has 0 unspecified atom stereocenters. The molecule has 0 fully saturated rings. The van der Waals surface area contributed by atoms with Crippen LogP contribution in [-0.2, 0) is 0 Å². The Balaban J connectivity index is 1.27. The van der Waals surface area contributed by atoms with Crippen molar-refractivity contribution in [1.82, 2.24) is 5.43 Å². The van der Waals surface area contributed by atoms with Gasteiger partial charge in [0.25, 0.3) is 5.91 Å². The molecule has 2 N–H and O–H groups in total. The first kappa shape index (κ1) is 20.1. The lowest BCUT2D eigenvalue weighted by atomic mass is 9.77. The van der Waals surface area contributed by atoms with Crippen molar-refractivity contribution in [3.05, 3.63) is 107 Å². The first-order valence-corrected chi connectivity index (χ1v) is 10.8.